The van der Waals surface area contributed by atoms with Crippen LogP contribution in [0.1, 0.15) is 52.0 Å². The third-order valence-electron chi connectivity index (χ3n) is 7.24. The number of hydroxylamine groups is 1. The summed E-state index contributed by atoms with van der Waals surface area (Å²) in [5.74, 6) is 1.03. The van der Waals surface area contributed by atoms with E-state index in [1.165, 1.54) is 51.1 Å². The van der Waals surface area contributed by atoms with Crippen LogP contribution in [0.25, 0.3) is 0 Å². The highest BCUT2D eigenvalue weighted by Gasteiger charge is 2.30. The molecule has 2 saturated heterocycles. The van der Waals surface area contributed by atoms with Gasteiger partial charge in [-0.3, -0.25) is 14.5 Å². The highest BCUT2D eigenvalue weighted by atomic mass is 16.7. The summed E-state index contributed by atoms with van der Waals surface area (Å²) in [5.41, 5.74) is 3.49. The largest absolute Gasteiger partial charge is 0.397 e. The van der Waals surface area contributed by atoms with Crippen LogP contribution in [0, 0.1) is 5.92 Å². The lowest BCUT2D eigenvalue weighted by Gasteiger charge is -2.40. The normalized spacial score (nSPS) is 20.7. The smallest absolute Gasteiger partial charge is 0.154 e. The first-order valence-corrected chi connectivity index (χ1v) is 13.5. The molecule has 4 rings (SSSR count). The first-order chi connectivity index (χ1) is 17.0. The van der Waals surface area contributed by atoms with E-state index in [1.54, 1.807) is 13.8 Å². The van der Waals surface area contributed by atoms with Gasteiger partial charge in [-0.2, -0.15) is 0 Å². The van der Waals surface area contributed by atoms with Gasteiger partial charge < -0.3 is 20.2 Å². The molecule has 1 unspecified atom stereocenters. The lowest BCUT2D eigenvalue weighted by molar-refractivity contribution is -0.120. The number of carbonyl (C=O) groups excluding carboxylic acids is 1. The zero-order valence-electron chi connectivity index (χ0n) is 22.3. The molecule has 0 radical (unpaired) electrons. The maximum Gasteiger partial charge on any atom is 0.154 e. The Morgan fingerprint density at radius 2 is 1.77 bits per heavy atom. The Labute approximate surface area is 212 Å². The van der Waals surface area contributed by atoms with E-state index in [-0.39, 0.29) is 18.4 Å². The van der Waals surface area contributed by atoms with Crippen LogP contribution in [0.4, 0.5) is 11.4 Å². The lowest BCUT2D eigenvalue weighted by atomic mass is 9.97. The van der Waals surface area contributed by atoms with E-state index in [1.807, 2.05) is 5.06 Å². The number of benzene rings is 1. The van der Waals surface area contributed by atoms with Gasteiger partial charge in [0.05, 0.1) is 11.4 Å². The monoisotopic (exact) mass is 489 g/mol. The maximum absolute atomic E-state index is 12.3. The van der Waals surface area contributed by atoms with E-state index in [2.05, 4.69) is 52.2 Å². The van der Waals surface area contributed by atoms with Gasteiger partial charge in [0.25, 0.3) is 0 Å². The summed E-state index contributed by atoms with van der Waals surface area (Å²) in [6.07, 6.45) is 4.41. The SMILES string of the molecule is CCCC(C(C)=O)N1OCN(C)c2cc(CN3CCN(CC4CCNCC4)CC3)ccc21.CCO. The number of aliphatic hydroxyl groups excluding tert-OH is 1. The second-order valence-electron chi connectivity index (χ2n) is 10.1. The minimum absolute atomic E-state index is 0.161. The summed E-state index contributed by atoms with van der Waals surface area (Å²) in [6, 6.07) is 6.42. The number of piperazine rings is 1. The van der Waals surface area contributed by atoms with Gasteiger partial charge in [0.2, 0.25) is 0 Å². The number of ketones is 1. The van der Waals surface area contributed by atoms with Crippen molar-refractivity contribution in [3.63, 3.8) is 0 Å². The van der Waals surface area contributed by atoms with Crippen molar-refractivity contribution in [1.29, 1.82) is 0 Å². The number of carbonyl (C=O) groups is 1. The Balaban J connectivity index is 0.00000108. The summed E-state index contributed by atoms with van der Waals surface area (Å²) in [4.78, 5) is 25.6. The fourth-order valence-corrected chi connectivity index (χ4v) is 5.28. The van der Waals surface area contributed by atoms with Crippen molar-refractivity contribution in [1.82, 2.24) is 15.1 Å². The van der Waals surface area contributed by atoms with E-state index in [4.69, 9.17) is 9.94 Å². The summed E-state index contributed by atoms with van der Waals surface area (Å²) in [6.45, 7) is 15.4. The first-order valence-electron chi connectivity index (χ1n) is 13.5. The van der Waals surface area contributed by atoms with Crippen LogP contribution in [-0.2, 0) is 16.2 Å². The number of piperidine rings is 1. The van der Waals surface area contributed by atoms with E-state index in [0.717, 1.165) is 49.8 Å². The van der Waals surface area contributed by atoms with Gasteiger partial charge in [0, 0.05) is 52.9 Å². The molecular formula is C27H47N5O3. The Morgan fingerprint density at radius 3 is 2.40 bits per heavy atom. The summed E-state index contributed by atoms with van der Waals surface area (Å²) in [7, 11) is 2.06. The second kappa shape index (κ2) is 14.1. The minimum atomic E-state index is -0.216. The number of hydrogen-bond acceptors (Lipinski definition) is 8. The molecule has 8 heteroatoms. The molecule has 0 spiro atoms. The van der Waals surface area contributed by atoms with Crippen LogP contribution in [0.3, 0.4) is 0 Å². The molecule has 3 aliphatic heterocycles. The van der Waals surface area contributed by atoms with Gasteiger partial charge in [0.1, 0.15) is 12.8 Å². The van der Waals surface area contributed by atoms with Gasteiger partial charge in [0.15, 0.2) is 5.78 Å². The Bertz CT molecular complexity index is 778. The zero-order valence-corrected chi connectivity index (χ0v) is 22.3. The number of fused-ring (bicyclic) bond motifs is 1. The van der Waals surface area contributed by atoms with Crippen molar-refractivity contribution in [2.45, 2.75) is 59.0 Å². The van der Waals surface area contributed by atoms with Gasteiger partial charge in [-0.05, 0) is 69.8 Å². The molecule has 0 aromatic heterocycles. The van der Waals surface area contributed by atoms with Crippen molar-refractivity contribution in [2.75, 3.05) is 76.2 Å². The topological polar surface area (TPSA) is 71.5 Å². The molecule has 1 aromatic carbocycles. The molecule has 0 saturated carbocycles. The van der Waals surface area contributed by atoms with E-state index in [9.17, 15) is 4.79 Å². The van der Waals surface area contributed by atoms with Gasteiger partial charge >= 0.3 is 0 Å². The molecular weight excluding hydrogens is 442 g/mol. The Morgan fingerprint density at radius 1 is 1.11 bits per heavy atom. The first kappa shape index (κ1) is 27.9. The second-order valence-corrected chi connectivity index (χ2v) is 10.1. The lowest BCUT2D eigenvalue weighted by Crippen LogP contribution is -2.48. The van der Waals surface area contributed by atoms with Crippen molar-refractivity contribution >= 4 is 17.2 Å². The van der Waals surface area contributed by atoms with Crippen molar-refractivity contribution in [3.05, 3.63) is 23.8 Å². The molecule has 2 fully saturated rings. The quantitative estimate of drug-likeness (QED) is 0.578. The summed E-state index contributed by atoms with van der Waals surface area (Å²) >= 11 is 0. The van der Waals surface area contributed by atoms with Crippen molar-refractivity contribution in [3.8, 4) is 0 Å². The third kappa shape index (κ3) is 7.89. The average Bonchev–Trinajstić information content (AvgIpc) is 2.86. The minimum Gasteiger partial charge on any atom is -0.397 e. The Kier molecular flexibility index (Phi) is 11.3. The van der Waals surface area contributed by atoms with Gasteiger partial charge in [-0.1, -0.05) is 19.4 Å². The highest BCUT2D eigenvalue weighted by Crippen LogP contribution is 2.36. The summed E-state index contributed by atoms with van der Waals surface area (Å²) < 4.78 is 0. The van der Waals surface area contributed by atoms with Crippen LogP contribution >= 0.6 is 0 Å². The number of aliphatic hydroxyl groups is 1. The standard InChI is InChI=1S/C25H41N5O2.C2H6O/c1-4-5-23(20(2)31)30-24-7-6-22(16-25(24)27(3)19-32-30)18-29-14-12-28(13-15-29)17-21-8-10-26-11-9-21;1-2-3/h6-7,16,21,23,26H,4-5,8-15,17-19H2,1-3H3;3H,2H2,1H3. The van der Waals surface area contributed by atoms with Gasteiger partial charge in [-0.25, -0.2) is 5.06 Å². The number of hydrogen-bond donors (Lipinski definition) is 2. The van der Waals surface area contributed by atoms with Crippen molar-refractivity contribution < 1.29 is 14.7 Å². The molecule has 1 aromatic rings. The Hall–Kier alpha value is -1.71. The number of nitrogens with one attached hydrogen (secondary N) is 1. The molecule has 0 aliphatic carbocycles. The van der Waals surface area contributed by atoms with E-state index >= 15 is 0 Å². The molecule has 1 atom stereocenters. The van der Waals surface area contributed by atoms with E-state index in [0.29, 0.717) is 6.73 Å². The highest BCUT2D eigenvalue weighted by molar-refractivity contribution is 5.86. The van der Waals surface area contributed by atoms with Crippen LogP contribution in [0.2, 0.25) is 0 Å². The molecule has 8 nitrogen and oxygen atoms in total. The molecule has 0 amide bonds. The molecule has 3 heterocycles. The third-order valence-corrected chi connectivity index (χ3v) is 7.24. The predicted octanol–water partition coefficient (Wildman–Crippen LogP) is 2.71. The average molecular weight is 490 g/mol. The number of rotatable bonds is 8. The van der Waals surface area contributed by atoms with E-state index < -0.39 is 0 Å². The number of Topliss-reactive ketones (excluding diaryl/α,β-unsaturated/α-hetero) is 1. The molecule has 198 valence electrons. The van der Waals surface area contributed by atoms with Crippen LogP contribution in [0.5, 0.6) is 0 Å². The van der Waals surface area contributed by atoms with Gasteiger partial charge in [-0.15, -0.1) is 0 Å². The van der Waals surface area contributed by atoms with Crippen LogP contribution in [-0.4, -0.2) is 92.9 Å². The predicted molar refractivity (Wildman–Crippen MR) is 143 cm³/mol. The molecule has 3 aliphatic rings. The van der Waals surface area contributed by atoms with Crippen molar-refractivity contribution in [2.24, 2.45) is 5.92 Å². The number of anilines is 2. The molecule has 35 heavy (non-hydrogen) atoms. The molecule has 2 N–H and O–H groups in total. The fourth-order valence-electron chi connectivity index (χ4n) is 5.28. The van der Waals surface area contributed by atoms with Crippen LogP contribution < -0.4 is 15.3 Å². The maximum atomic E-state index is 12.3. The zero-order chi connectivity index (χ0) is 25.2. The van der Waals surface area contributed by atoms with Crippen LogP contribution in [0.15, 0.2) is 18.2 Å². The summed E-state index contributed by atoms with van der Waals surface area (Å²) in [5, 5.41) is 12.9. The fraction of sp³-hybridized carbons (Fsp3) is 0.741. The molecule has 0 bridgehead atoms. The number of nitrogens with zero attached hydrogens (tertiary/aromatic N) is 4.